The van der Waals surface area contributed by atoms with E-state index in [9.17, 15) is 4.79 Å². The van der Waals surface area contributed by atoms with E-state index in [1.165, 1.54) is 0 Å². The van der Waals surface area contributed by atoms with Gasteiger partial charge in [0.2, 0.25) is 0 Å². The number of methoxy groups -OCH3 is 3. The Hall–Kier alpha value is -3.15. The summed E-state index contributed by atoms with van der Waals surface area (Å²) in [7, 11) is 4.69. The van der Waals surface area contributed by atoms with Crippen LogP contribution in [0.2, 0.25) is 0 Å². The van der Waals surface area contributed by atoms with Crippen molar-refractivity contribution in [3.05, 3.63) is 47.0 Å². The molecule has 2 aromatic rings. The van der Waals surface area contributed by atoms with E-state index in [1.54, 1.807) is 45.6 Å². The first-order chi connectivity index (χ1) is 13.9. The SMILES string of the molecule is CCOc1ccc(C(=O)/C(=C/c2cc(OC)cc(OC)c2OC)C(C)C)cc1N. The number of ketones is 1. The number of nitrogen functional groups attached to an aromatic ring is 1. The van der Waals surface area contributed by atoms with Crippen molar-refractivity contribution in [3.63, 3.8) is 0 Å². The first-order valence-corrected chi connectivity index (χ1v) is 9.44. The van der Waals surface area contributed by atoms with Crippen LogP contribution in [0.1, 0.15) is 36.7 Å². The first-order valence-electron chi connectivity index (χ1n) is 9.44. The molecule has 29 heavy (non-hydrogen) atoms. The van der Waals surface area contributed by atoms with E-state index in [-0.39, 0.29) is 11.7 Å². The first kappa shape index (κ1) is 22.1. The van der Waals surface area contributed by atoms with Gasteiger partial charge < -0.3 is 24.7 Å². The number of carbonyl (C=O) groups is 1. The lowest BCUT2D eigenvalue weighted by Crippen LogP contribution is -2.10. The fourth-order valence-electron chi connectivity index (χ4n) is 3.00. The molecule has 0 unspecified atom stereocenters. The smallest absolute Gasteiger partial charge is 0.189 e. The van der Waals surface area contributed by atoms with Crippen LogP contribution in [-0.2, 0) is 0 Å². The normalized spacial score (nSPS) is 11.3. The third kappa shape index (κ3) is 5.02. The summed E-state index contributed by atoms with van der Waals surface area (Å²) in [6.45, 7) is 6.32. The van der Waals surface area contributed by atoms with Crippen molar-refractivity contribution >= 4 is 17.5 Å². The van der Waals surface area contributed by atoms with Crippen LogP contribution in [0.5, 0.6) is 23.0 Å². The molecular formula is C23H29NO5. The van der Waals surface area contributed by atoms with Crippen LogP contribution >= 0.6 is 0 Å². The van der Waals surface area contributed by atoms with Gasteiger partial charge in [-0.1, -0.05) is 13.8 Å². The predicted octanol–water partition coefficient (Wildman–Crippen LogP) is 4.62. The maximum atomic E-state index is 13.3. The van der Waals surface area contributed by atoms with E-state index in [0.29, 0.717) is 52.0 Å². The maximum absolute atomic E-state index is 13.3. The molecule has 156 valence electrons. The van der Waals surface area contributed by atoms with Gasteiger partial charge in [-0.25, -0.2) is 0 Å². The summed E-state index contributed by atoms with van der Waals surface area (Å²) in [5, 5.41) is 0. The van der Waals surface area contributed by atoms with Gasteiger partial charge in [0.1, 0.15) is 11.5 Å². The summed E-state index contributed by atoms with van der Waals surface area (Å²) < 4.78 is 21.7. The minimum Gasteiger partial charge on any atom is -0.497 e. The minimum absolute atomic E-state index is 0.0304. The highest BCUT2D eigenvalue weighted by molar-refractivity contribution is 6.12. The molecule has 0 aromatic heterocycles. The van der Waals surface area contributed by atoms with Crippen molar-refractivity contribution in [2.75, 3.05) is 33.7 Å². The Balaban J connectivity index is 2.55. The van der Waals surface area contributed by atoms with Crippen LogP contribution in [0.25, 0.3) is 6.08 Å². The van der Waals surface area contributed by atoms with E-state index < -0.39 is 0 Å². The summed E-state index contributed by atoms with van der Waals surface area (Å²) in [5.41, 5.74) is 8.28. The third-order valence-electron chi connectivity index (χ3n) is 4.48. The molecule has 0 aliphatic rings. The van der Waals surface area contributed by atoms with Crippen molar-refractivity contribution in [1.82, 2.24) is 0 Å². The van der Waals surface area contributed by atoms with Crippen molar-refractivity contribution in [3.8, 4) is 23.0 Å². The number of hydrogen-bond acceptors (Lipinski definition) is 6. The summed E-state index contributed by atoms with van der Waals surface area (Å²) in [4.78, 5) is 13.3. The summed E-state index contributed by atoms with van der Waals surface area (Å²) in [6, 6.07) is 8.64. The summed E-state index contributed by atoms with van der Waals surface area (Å²) in [5.74, 6) is 2.09. The molecule has 0 aliphatic heterocycles. The van der Waals surface area contributed by atoms with E-state index in [2.05, 4.69) is 0 Å². The number of rotatable bonds is 9. The Morgan fingerprint density at radius 2 is 1.76 bits per heavy atom. The second-order valence-corrected chi connectivity index (χ2v) is 6.72. The van der Waals surface area contributed by atoms with Crippen molar-refractivity contribution < 1.29 is 23.7 Å². The molecule has 2 rings (SSSR count). The number of hydrogen-bond donors (Lipinski definition) is 1. The Morgan fingerprint density at radius 1 is 1.03 bits per heavy atom. The Kier molecular flexibility index (Phi) is 7.53. The summed E-state index contributed by atoms with van der Waals surface area (Å²) in [6.07, 6.45) is 1.81. The molecule has 0 saturated carbocycles. The van der Waals surface area contributed by atoms with Gasteiger partial charge in [0.05, 0.1) is 33.6 Å². The highest BCUT2D eigenvalue weighted by atomic mass is 16.5. The molecule has 0 radical (unpaired) electrons. The second-order valence-electron chi connectivity index (χ2n) is 6.72. The maximum Gasteiger partial charge on any atom is 0.189 e. The van der Waals surface area contributed by atoms with E-state index in [1.807, 2.05) is 32.9 Å². The van der Waals surface area contributed by atoms with Crippen molar-refractivity contribution in [2.24, 2.45) is 5.92 Å². The molecule has 0 saturated heterocycles. The Morgan fingerprint density at radius 3 is 2.28 bits per heavy atom. The molecule has 0 aliphatic carbocycles. The molecule has 6 heteroatoms. The van der Waals surface area contributed by atoms with Crippen LogP contribution < -0.4 is 24.7 Å². The van der Waals surface area contributed by atoms with Gasteiger partial charge in [-0.05, 0) is 43.2 Å². The molecule has 0 bridgehead atoms. The number of benzene rings is 2. The Bertz CT molecular complexity index is 902. The molecule has 2 N–H and O–H groups in total. The lowest BCUT2D eigenvalue weighted by atomic mass is 9.92. The second kappa shape index (κ2) is 9.87. The fraction of sp³-hybridized carbons (Fsp3) is 0.348. The molecule has 0 atom stereocenters. The Labute approximate surface area is 172 Å². The number of anilines is 1. The van der Waals surface area contributed by atoms with Crippen LogP contribution in [0.4, 0.5) is 5.69 Å². The number of allylic oxidation sites excluding steroid dienone is 1. The number of Topliss-reactive ketones (excluding diaryl/α,β-unsaturated/α-hetero) is 1. The fourth-order valence-corrected chi connectivity index (χ4v) is 3.00. The van der Waals surface area contributed by atoms with E-state index >= 15 is 0 Å². The lowest BCUT2D eigenvalue weighted by molar-refractivity contribution is 0.102. The molecule has 0 heterocycles. The van der Waals surface area contributed by atoms with Crippen LogP contribution in [0.3, 0.4) is 0 Å². The zero-order valence-electron chi connectivity index (χ0n) is 17.9. The van der Waals surface area contributed by atoms with Gasteiger partial charge in [-0.2, -0.15) is 0 Å². The average molecular weight is 399 g/mol. The highest BCUT2D eigenvalue weighted by Crippen LogP contribution is 2.38. The molecule has 0 amide bonds. The highest BCUT2D eigenvalue weighted by Gasteiger charge is 2.19. The minimum atomic E-state index is -0.112. The molecular weight excluding hydrogens is 370 g/mol. The number of carbonyl (C=O) groups excluding carboxylic acids is 1. The van der Waals surface area contributed by atoms with Gasteiger partial charge in [0, 0.05) is 22.8 Å². The zero-order chi connectivity index (χ0) is 21.6. The van der Waals surface area contributed by atoms with Gasteiger partial charge in [-0.15, -0.1) is 0 Å². The average Bonchev–Trinajstić information content (AvgIpc) is 2.71. The van der Waals surface area contributed by atoms with Crippen molar-refractivity contribution in [2.45, 2.75) is 20.8 Å². The van der Waals surface area contributed by atoms with E-state index in [4.69, 9.17) is 24.7 Å². The van der Waals surface area contributed by atoms with Crippen LogP contribution in [-0.4, -0.2) is 33.7 Å². The largest absolute Gasteiger partial charge is 0.497 e. The van der Waals surface area contributed by atoms with Gasteiger partial charge in [0.15, 0.2) is 17.3 Å². The molecule has 6 nitrogen and oxygen atoms in total. The lowest BCUT2D eigenvalue weighted by Gasteiger charge is -2.16. The molecule has 2 aromatic carbocycles. The monoisotopic (exact) mass is 399 g/mol. The molecule has 0 spiro atoms. The van der Waals surface area contributed by atoms with Crippen LogP contribution in [0, 0.1) is 5.92 Å². The van der Waals surface area contributed by atoms with Gasteiger partial charge in [0.25, 0.3) is 0 Å². The number of ether oxygens (including phenoxy) is 4. The van der Waals surface area contributed by atoms with Gasteiger partial charge in [-0.3, -0.25) is 4.79 Å². The topological polar surface area (TPSA) is 80.0 Å². The van der Waals surface area contributed by atoms with E-state index in [0.717, 1.165) is 0 Å². The standard InChI is InChI=1S/C23H29NO5/c1-7-29-20-9-8-15(12-19(20)24)22(25)18(14(2)3)11-16-10-17(26-4)13-21(27-5)23(16)28-6/h8-14H,7,24H2,1-6H3/b18-11+. The summed E-state index contributed by atoms with van der Waals surface area (Å²) >= 11 is 0. The van der Waals surface area contributed by atoms with Crippen LogP contribution in [0.15, 0.2) is 35.9 Å². The van der Waals surface area contributed by atoms with Gasteiger partial charge >= 0.3 is 0 Å². The predicted molar refractivity (Wildman–Crippen MR) is 115 cm³/mol. The third-order valence-corrected chi connectivity index (χ3v) is 4.48. The zero-order valence-corrected chi connectivity index (χ0v) is 17.9. The quantitative estimate of drug-likeness (QED) is 0.377. The van der Waals surface area contributed by atoms with Crippen molar-refractivity contribution in [1.29, 1.82) is 0 Å². The number of nitrogens with two attached hydrogens (primary N) is 1. The molecule has 0 fully saturated rings.